The minimum Gasteiger partial charge on any atom is -0.452 e. The topological polar surface area (TPSA) is 56.0 Å². The van der Waals surface area contributed by atoms with Crippen LogP contribution in [-0.2, 0) is 0 Å². The quantitative estimate of drug-likeness (QED) is 0.688. The van der Waals surface area contributed by atoms with E-state index in [9.17, 15) is 9.18 Å². The molecule has 0 radical (unpaired) electrons. The first-order valence-corrected chi connectivity index (χ1v) is 7.27. The summed E-state index contributed by atoms with van der Waals surface area (Å²) in [5, 5.41) is 7.13. The monoisotopic (exact) mass is 306 g/mol. The molecule has 0 atom stereocenters. The molecule has 0 unspecified atom stereocenters. The fraction of sp³-hybridized carbons (Fsp3) is 0. The summed E-state index contributed by atoms with van der Waals surface area (Å²) < 4.78 is 19.6. The van der Waals surface area contributed by atoms with E-state index in [1.165, 1.54) is 23.5 Å². The number of rotatable bonds is 3. The summed E-state index contributed by atoms with van der Waals surface area (Å²) in [6.45, 7) is 0. The Morgan fingerprint density at radius 3 is 2.85 bits per heavy atom. The van der Waals surface area contributed by atoms with Crippen LogP contribution in [0, 0.1) is 5.82 Å². The van der Waals surface area contributed by atoms with Gasteiger partial charge in [-0.15, -0.1) is 10.2 Å². The molecular weight excluding hydrogens is 299 g/mol. The van der Waals surface area contributed by atoms with Crippen LogP contribution in [0.5, 0.6) is 0 Å². The van der Waals surface area contributed by atoms with E-state index in [-0.39, 0.29) is 10.9 Å². The second kappa shape index (κ2) is 5.56. The number of carbonyl (C=O) groups excluding carboxylic acids is 1. The van der Waals surface area contributed by atoms with Crippen molar-refractivity contribution in [2.45, 2.75) is 4.34 Å². The molecular formula is C13H7FN2O2S2. The average Bonchev–Trinajstić information content (AvgIpc) is 3.10. The van der Waals surface area contributed by atoms with Gasteiger partial charge in [0, 0.05) is 0 Å². The molecule has 0 fully saturated rings. The van der Waals surface area contributed by atoms with Crippen molar-refractivity contribution in [3.05, 3.63) is 53.5 Å². The largest absolute Gasteiger partial charge is 0.452 e. The Labute approximate surface area is 121 Å². The number of nitrogens with zero attached hydrogens (tertiary/aromatic N) is 2. The number of furan rings is 1. The zero-order chi connectivity index (χ0) is 13.9. The van der Waals surface area contributed by atoms with E-state index in [0.29, 0.717) is 15.7 Å². The van der Waals surface area contributed by atoms with Crippen molar-refractivity contribution >= 4 is 28.2 Å². The van der Waals surface area contributed by atoms with Crippen LogP contribution in [-0.4, -0.2) is 15.3 Å². The number of benzene rings is 1. The number of hydrogen-bond donors (Lipinski definition) is 0. The van der Waals surface area contributed by atoms with Gasteiger partial charge >= 0.3 is 0 Å². The molecule has 0 saturated heterocycles. The van der Waals surface area contributed by atoms with E-state index >= 15 is 0 Å². The van der Waals surface area contributed by atoms with Crippen LogP contribution in [0.4, 0.5) is 4.39 Å². The van der Waals surface area contributed by atoms with Gasteiger partial charge in [0.15, 0.2) is 10.1 Å². The Bertz CT molecular complexity index is 740. The molecule has 20 heavy (non-hydrogen) atoms. The number of hydrogen-bond acceptors (Lipinski definition) is 6. The molecule has 0 spiro atoms. The fourth-order valence-electron chi connectivity index (χ4n) is 1.59. The Morgan fingerprint density at radius 2 is 2.10 bits per heavy atom. The standard InChI is InChI=1S/C13H7FN2O2S2/c14-9-4-2-1-3-8(9)10-5-6-11(18-10)12(17)20-13-16-15-7-19-13/h1-7H. The highest BCUT2D eigenvalue weighted by Gasteiger charge is 2.16. The SMILES string of the molecule is O=C(Sc1nncs1)c1ccc(-c2ccccc2F)o1. The third-order valence-electron chi connectivity index (χ3n) is 2.47. The van der Waals surface area contributed by atoms with Crippen LogP contribution < -0.4 is 0 Å². The van der Waals surface area contributed by atoms with Crippen molar-refractivity contribution in [2.75, 3.05) is 0 Å². The van der Waals surface area contributed by atoms with Gasteiger partial charge in [-0.2, -0.15) is 0 Å². The molecule has 0 aliphatic rings. The predicted molar refractivity (Wildman–Crippen MR) is 74.2 cm³/mol. The summed E-state index contributed by atoms with van der Waals surface area (Å²) in [5.41, 5.74) is 1.87. The Balaban J connectivity index is 1.83. The minimum absolute atomic E-state index is 0.156. The lowest BCUT2D eigenvalue weighted by Gasteiger charge is -1.98. The van der Waals surface area contributed by atoms with Gasteiger partial charge in [-0.3, -0.25) is 4.79 Å². The van der Waals surface area contributed by atoms with Crippen molar-refractivity contribution in [1.29, 1.82) is 0 Å². The number of carbonyl (C=O) groups is 1. The molecule has 0 amide bonds. The van der Waals surface area contributed by atoms with E-state index in [1.54, 1.807) is 29.8 Å². The van der Waals surface area contributed by atoms with Crippen LogP contribution in [0.25, 0.3) is 11.3 Å². The highest BCUT2D eigenvalue weighted by molar-refractivity contribution is 8.15. The Kier molecular flexibility index (Phi) is 3.62. The van der Waals surface area contributed by atoms with Crippen LogP contribution in [0.2, 0.25) is 0 Å². The lowest BCUT2D eigenvalue weighted by Crippen LogP contribution is -1.89. The predicted octanol–water partition coefficient (Wildman–Crippen LogP) is 3.87. The molecule has 4 nitrogen and oxygen atoms in total. The molecule has 2 aromatic heterocycles. The second-order valence-corrected chi connectivity index (χ2v) is 5.79. The van der Waals surface area contributed by atoms with Gasteiger partial charge in [-0.25, -0.2) is 4.39 Å². The molecule has 0 aliphatic carbocycles. The Hall–Kier alpha value is -1.99. The first kappa shape index (κ1) is 13.0. The van der Waals surface area contributed by atoms with Gasteiger partial charge in [0.25, 0.3) is 5.12 Å². The zero-order valence-electron chi connectivity index (χ0n) is 9.95. The third kappa shape index (κ3) is 2.63. The molecule has 1 aromatic carbocycles. The van der Waals surface area contributed by atoms with E-state index < -0.39 is 5.82 Å². The summed E-state index contributed by atoms with van der Waals surface area (Å²) in [6, 6.07) is 9.34. The normalized spacial score (nSPS) is 10.7. The van der Waals surface area contributed by atoms with Crippen molar-refractivity contribution in [2.24, 2.45) is 0 Å². The maximum absolute atomic E-state index is 13.6. The highest BCUT2D eigenvalue weighted by atomic mass is 32.2. The first-order valence-electron chi connectivity index (χ1n) is 5.57. The summed E-state index contributed by atoms with van der Waals surface area (Å²) >= 11 is 2.20. The summed E-state index contributed by atoms with van der Waals surface area (Å²) in [4.78, 5) is 12.0. The van der Waals surface area contributed by atoms with Gasteiger partial charge in [0.1, 0.15) is 17.1 Å². The van der Waals surface area contributed by atoms with Crippen molar-refractivity contribution in [3.8, 4) is 11.3 Å². The number of thioether (sulfide) groups is 1. The lowest BCUT2D eigenvalue weighted by atomic mass is 10.1. The molecule has 0 aliphatic heterocycles. The van der Waals surface area contributed by atoms with Crippen LogP contribution in [0.1, 0.15) is 10.6 Å². The van der Waals surface area contributed by atoms with Crippen molar-refractivity contribution < 1.29 is 13.6 Å². The minimum atomic E-state index is -0.391. The summed E-state index contributed by atoms with van der Waals surface area (Å²) in [7, 11) is 0. The van der Waals surface area contributed by atoms with Crippen LogP contribution >= 0.6 is 23.1 Å². The van der Waals surface area contributed by atoms with Crippen molar-refractivity contribution in [3.63, 3.8) is 0 Å². The fourth-order valence-corrected chi connectivity index (χ4v) is 2.87. The van der Waals surface area contributed by atoms with E-state index in [2.05, 4.69) is 10.2 Å². The Morgan fingerprint density at radius 1 is 1.25 bits per heavy atom. The maximum atomic E-state index is 13.6. The third-order valence-corrected chi connectivity index (χ3v) is 4.13. The smallest absolute Gasteiger partial charge is 0.261 e. The zero-order valence-corrected chi connectivity index (χ0v) is 11.6. The second-order valence-electron chi connectivity index (χ2n) is 3.74. The lowest BCUT2D eigenvalue weighted by molar-refractivity contribution is 0.106. The van der Waals surface area contributed by atoms with Gasteiger partial charge in [-0.05, 0) is 36.0 Å². The van der Waals surface area contributed by atoms with E-state index in [0.717, 1.165) is 11.8 Å². The molecule has 3 rings (SSSR count). The van der Waals surface area contributed by atoms with E-state index in [4.69, 9.17) is 4.42 Å². The van der Waals surface area contributed by atoms with Crippen molar-refractivity contribution in [1.82, 2.24) is 10.2 Å². The average molecular weight is 306 g/mol. The summed E-state index contributed by atoms with van der Waals surface area (Å²) in [6.07, 6.45) is 0. The highest BCUT2D eigenvalue weighted by Crippen LogP contribution is 2.29. The molecule has 2 heterocycles. The number of halogens is 1. The van der Waals surface area contributed by atoms with Crippen LogP contribution in [0.3, 0.4) is 0 Å². The molecule has 0 N–H and O–H groups in total. The summed E-state index contributed by atoms with van der Waals surface area (Å²) in [5.74, 6) is 0.0883. The van der Waals surface area contributed by atoms with Crippen LogP contribution in [0.15, 0.2) is 50.7 Å². The molecule has 100 valence electrons. The van der Waals surface area contributed by atoms with Gasteiger partial charge in [-0.1, -0.05) is 23.5 Å². The maximum Gasteiger partial charge on any atom is 0.261 e. The van der Waals surface area contributed by atoms with Gasteiger partial charge < -0.3 is 4.42 Å². The molecule has 0 bridgehead atoms. The van der Waals surface area contributed by atoms with E-state index in [1.807, 2.05) is 0 Å². The molecule has 7 heteroatoms. The molecule has 0 saturated carbocycles. The van der Waals surface area contributed by atoms with Gasteiger partial charge in [0.2, 0.25) is 0 Å². The number of aromatic nitrogens is 2. The van der Waals surface area contributed by atoms with Gasteiger partial charge in [0.05, 0.1) is 5.56 Å². The molecule has 3 aromatic rings. The first-order chi connectivity index (χ1) is 9.74.